The van der Waals surface area contributed by atoms with Gasteiger partial charge in [0.15, 0.2) is 0 Å². The number of carbonyl (C=O) groups excluding carboxylic acids is 1. The first-order valence-electron chi connectivity index (χ1n) is 5.19. The van der Waals surface area contributed by atoms with Gasteiger partial charge < -0.3 is 4.98 Å². The van der Waals surface area contributed by atoms with Gasteiger partial charge in [-0.15, -0.1) is 0 Å². The number of fused-ring (bicyclic) bond motifs is 1. The topological polar surface area (TPSA) is 56.6 Å². The highest BCUT2D eigenvalue weighted by Crippen LogP contribution is 2.39. The number of halogens is 5. The second-order valence-electron chi connectivity index (χ2n) is 3.98. The molecule has 0 saturated heterocycles. The van der Waals surface area contributed by atoms with Crippen LogP contribution in [0.5, 0.6) is 0 Å². The maximum absolute atomic E-state index is 13.0. The quantitative estimate of drug-likeness (QED) is 0.680. The van der Waals surface area contributed by atoms with E-state index in [1.54, 1.807) is 6.07 Å². The molecular formula is C12H5F5N2O. The molecule has 0 aliphatic rings. The van der Waals surface area contributed by atoms with E-state index in [1.165, 1.54) is 12.1 Å². The van der Waals surface area contributed by atoms with Crippen LogP contribution >= 0.6 is 0 Å². The van der Waals surface area contributed by atoms with Crippen LogP contribution in [0, 0.1) is 11.3 Å². The summed E-state index contributed by atoms with van der Waals surface area (Å²) in [5.41, 5.74) is -0.460. The van der Waals surface area contributed by atoms with Crippen LogP contribution in [-0.2, 0) is 0 Å². The molecule has 104 valence electrons. The van der Waals surface area contributed by atoms with Crippen LogP contribution in [0.4, 0.5) is 22.0 Å². The van der Waals surface area contributed by atoms with Crippen molar-refractivity contribution < 1.29 is 26.7 Å². The Balaban J connectivity index is 2.55. The molecule has 1 N–H and O–H groups in total. The summed E-state index contributed by atoms with van der Waals surface area (Å²) in [5, 5.41) is 8.55. The summed E-state index contributed by atoms with van der Waals surface area (Å²) in [6.07, 6.45) is -5.19. The number of hydrogen-bond acceptors (Lipinski definition) is 2. The zero-order chi connectivity index (χ0) is 15.1. The number of aromatic amines is 1. The number of alkyl halides is 5. The molecule has 0 spiro atoms. The summed E-state index contributed by atoms with van der Waals surface area (Å²) < 4.78 is 62.6. The Morgan fingerprint density at radius 1 is 1.20 bits per heavy atom. The summed E-state index contributed by atoms with van der Waals surface area (Å²) in [4.78, 5) is 13.8. The Morgan fingerprint density at radius 3 is 2.40 bits per heavy atom. The molecule has 1 aromatic carbocycles. The Hall–Kier alpha value is -2.43. The summed E-state index contributed by atoms with van der Waals surface area (Å²) in [5.74, 6) is -7.79. The third-order valence-electron chi connectivity index (χ3n) is 2.70. The predicted octanol–water partition coefficient (Wildman–Crippen LogP) is 3.42. The van der Waals surface area contributed by atoms with E-state index >= 15 is 0 Å². The van der Waals surface area contributed by atoms with Crippen molar-refractivity contribution in [2.45, 2.75) is 12.1 Å². The number of rotatable bonds is 2. The summed E-state index contributed by atoms with van der Waals surface area (Å²) in [6.45, 7) is 0. The fourth-order valence-corrected chi connectivity index (χ4v) is 1.68. The van der Waals surface area contributed by atoms with Gasteiger partial charge in [-0.2, -0.15) is 27.2 Å². The van der Waals surface area contributed by atoms with Crippen molar-refractivity contribution in [2.24, 2.45) is 0 Å². The second-order valence-corrected chi connectivity index (χ2v) is 3.98. The lowest BCUT2D eigenvalue weighted by atomic mass is 10.0. The molecule has 1 aromatic heterocycles. The molecule has 0 aliphatic carbocycles. The molecular weight excluding hydrogens is 283 g/mol. The number of nitriles is 1. The number of nitrogens with zero attached hydrogens (tertiary/aromatic N) is 1. The van der Waals surface area contributed by atoms with Crippen molar-refractivity contribution in [3.05, 3.63) is 35.5 Å². The molecule has 0 aliphatic heterocycles. The average molecular weight is 288 g/mol. The minimum atomic E-state index is -5.96. The van der Waals surface area contributed by atoms with E-state index in [1.807, 2.05) is 0 Å². The largest absolute Gasteiger partial charge is 0.461 e. The van der Waals surface area contributed by atoms with E-state index in [0.29, 0.717) is 0 Å². The monoisotopic (exact) mass is 288 g/mol. The molecule has 0 radical (unpaired) electrons. The minimum absolute atomic E-state index is 0.0991. The maximum atomic E-state index is 13.0. The van der Waals surface area contributed by atoms with Crippen molar-refractivity contribution in [2.75, 3.05) is 0 Å². The molecule has 2 aromatic rings. The number of benzene rings is 1. The molecule has 2 rings (SSSR count). The summed E-state index contributed by atoms with van der Waals surface area (Å²) in [7, 11) is 0. The fourth-order valence-electron chi connectivity index (χ4n) is 1.68. The fraction of sp³-hybridized carbons (Fsp3) is 0.167. The highest BCUT2D eigenvalue weighted by Gasteiger charge is 2.63. The lowest BCUT2D eigenvalue weighted by Gasteiger charge is -2.17. The molecule has 0 fully saturated rings. The first-order chi connectivity index (χ1) is 9.18. The van der Waals surface area contributed by atoms with Crippen LogP contribution in [0.3, 0.4) is 0 Å². The molecule has 0 bridgehead atoms. The number of ketones is 1. The minimum Gasteiger partial charge on any atom is -0.360 e. The lowest BCUT2D eigenvalue weighted by molar-refractivity contribution is -0.255. The average Bonchev–Trinajstić information content (AvgIpc) is 2.78. The lowest BCUT2D eigenvalue weighted by Crippen LogP contribution is -2.44. The van der Waals surface area contributed by atoms with Crippen molar-refractivity contribution in [3.8, 4) is 6.07 Å². The molecule has 20 heavy (non-hydrogen) atoms. The van der Waals surface area contributed by atoms with Crippen molar-refractivity contribution in [3.63, 3.8) is 0 Å². The van der Waals surface area contributed by atoms with Gasteiger partial charge in [-0.05, 0) is 12.1 Å². The molecule has 0 unspecified atom stereocenters. The van der Waals surface area contributed by atoms with Gasteiger partial charge in [0, 0.05) is 22.7 Å². The smallest absolute Gasteiger partial charge is 0.360 e. The van der Waals surface area contributed by atoms with Crippen LogP contribution in [-0.4, -0.2) is 22.9 Å². The zero-order valence-corrected chi connectivity index (χ0v) is 9.55. The van der Waals surface area contributed by atoms with Crippen molar-refractivity contribution >= 4 is 16.7 Å². The molecule has 3 nitrogen and oxygen atoms in total. The molecule has 0 amide bonds. The van der Waals surface area contributed by atoms with E-state index in [9.17, 15) is 26.7 Å². The van der Waals surface area contributed by atoms with Crippen LogP contribution in [0.25, 0.3) is 10.9 Å². The Kier molecular flexibility index (Phi) is 3.01. The van der Waals surface area contributed by atoms with E-state index in [0.717, 1.165) is 12.3 Å². The third kappa shape index (κ3) is 2.01. The maximum Gasteiger partial charge on any atom is 0.461 e. The van der Waals surface area contributed by atoms with Gasteiger partial charge in [0.1, 0.15) is 0 Å². The Bertz CT molecular complexity index is 724. The van der Waals surface area contributed by atoms with Gasteiger partial charge >= 0.3 is 12.1 Å². The van der Waals surface area contributed by atoms with Gasteiger partial charge in [0.05, 0.1) is 11.6 Å². The Morgan fingerprint density at radius 2 is 1.85 bits per heavy atom. The number of Topliss-reactive ketones (excluding diaryl/α,β-unsaturated/α-hetero) is 1. The highest BCUT2D eigenvalue weighted by atomic mass is 19.4. The van der Waals surface area contributed by atoms with Crippen molar-refractivity contribution in [1.82, 2.24) is 4.98 Å². The van der Waals surface area contributed by atoms with Crippen LogP contribution in [0.1, 0.15) is 15.9 Å². The van der Waals surface area contributed by atoms with Gasteiger partial charge in [-0.3, -0.25) is 4.79 Å². The predicted molar refractivity (Wildman–Crippen MR) is 58.3 cm³/mol. The summed E-state index contributed by atoms with van der Waals surface area (Å²) in [6, 6.07) is 5.39. The molecule has 0 atom stereocenters. The number of H-pyrrole nitrogens is 1. The molecule has 0 saturated carbocycles. The zero-order valence-electron chi connectivity index (χ0n) is 9.55. The van der Waals surface area contributed by atoms with Gasteiger partial charge in [-0.1, -0.05) is 6.07 Å². The molecule has 8 heteroatoms. The molecule has 1 heterocycles. The van der Waals surface area contributed by atoms with E-state index in [-0.39, 0.29) is 16.5 Å². The normalized spacial score (nSPS) is 12.4. The number of carbonyl (C=O) groups is 1. The number of aromatic nitrogens is 1. The first-order valence-corrected chi connectivity index (χ1v) is 5.19. The van der Waals surface area contributed by atoms with Gasteiger partial charge in [0.25, 0.3) is 0 Å². The first kappa shape index (κ1) is 14.0. The van der Waals surface area contributed by atoms with Gasteiger partial charge in [-0.25, -0.2) is 0 Å². The third-order valence-corrected chi connectivity index (χ3v) is 2.70. The standard InChI is InChI=1S/C12H5F5N2O/c13-11(14,12(15,16)17)10(20)8-5-19-9-3-6(4-18)1-2-7(8)9/h1-3,5,19H. The van der Waals surface area contributed by atoms with Crippen molar-refractivity contribution in [1.29, 1.82) is 5.26 Å². The second kappa shape index (κ2) is 4.30. The summed E-state index contributed by atoms with van der Waals surface area (Å²) >= 11 is 0. The van der Waals surface area contributed by atoms with Crippen LogP contribution < -0.4 is 0 Å². The van der Waals surface area contributed by atoms with E-state index < -0.39 is 23.4 Å². The number of nitrogens with one attached hydrogen (secondary N) is 1. The SMILES string of the molecule is N#Cc1ccc2c(C(=O)C(F)(F)C(F)(F)F)c[nH]c2c1. The van der Waals surface area contributed by atoms with E-state index in [4.69, 9.17) is 5.26 Å². The van der Waals surface area contributed by atoms with E-state index in [2.05, 4.69) is 4.98 Å². The highest BCUT2D eigenvalue weighted by molar-refractivity contribution is 6.11. The number of hydrogen-bond donors (Lipinski definition) is 1. The van der Waals surface area contributed by atoms with Gasteiger partial charge in [0.2, 0.25) is 5.78 Å². The van der Waals surface area contributed by atoms with Crippen LogP contribution in [0.2, 0.25) is 0 Å². The van der Waals surface area contributed by atoms with Crippen LogP contribution in [0.15, 0.2) is 24.4 Å². The Labute approximate surface area is 108 Å².